The second kappa shape index (κ2) is 5.71. The number of aromatic nitrogens is 3. The summed E-state index contributed by atoms with van der Waals surface area (Å²) in [5.41, 5.74) is 2.00. The molecule has 1 aliphatic rings. The molecule has 6 nitrogen and oxygen atoms in total. The standard InChI is InChI=1S/C15H20N4O2/c1-3-21-15(20)12-4-7-18(8-5-12)14-13-10-11(2)17-19(13)9-6-16-14/h6,9-10,12H,3-5,7-8H2,1-2H3. The zero-order chi connectivity index (χ0) is 14.8. The minimum absolute atomic E-state index is 0.0209. The molecule has 112 valence electrons. The van der Waals surface area contributed by atoms with Gasteiger partial charge in [0.15, 0.2) is 5.82 Å². The summed E-state index contributed by atoms with van der Waals surface area (Å²) in [5, 5.41) is 4.41. The Kier molecular flexibility index (Phi) is 3.77. The van der Waals surface area contributed by atoms with Gasteiger partial charge in [-0.25, -0.2) is 9.50 Å². The molecule has 2 aromatic rings. The van der Waals surface area contributed by atoms with Gasteiger partial charge < -0.3 is 9.64 Å². The zero-order valence-electron chi connectivity index (χ0n) is 12.5. The van der Waals surface area contributed by atoms with Gasteiger partial charge in [0, 0.05) is 25.5 Å². The van der Waals surface area contributed by atoms with E-state index < -0.39 is 0 Å². The van der Waals surface area contributed by atoms with Crippen LogP contribution in [0.5, 0.6) is 0 Å². The Morgan fingerprint density at radius 2 is 2.19 bits per heavy atom. The van der Waals surface area contributed by atoms with Crippen LogP contribution in [0.4, 0.5) is 5.82 Å². The van der Waals surface area contributed by atoms with Gasteiger partial charge in [-0.2, -0.15) is 5.10 Å². The highest BCUT2D eigenvalue weighted by molar-refractivity contribution is 5.74. The molecule has 1 fully saturated rings. The van der Waals surface area contributed by atoms with Gasteiger partial charge in [0.1, 0.15) is 5.52 Å². The third-order valence-corrected chi connectivity index (χ3v) is 3.91. The number of ether oxygens (including phenoxy) is 1. The van der Waals surface area contributed by atoms with Crippen LogP contribution in [0.15, 0.2) is 18.5 Å². The summed E-state index contributed by atoms with van der Waals surface area (Å²) in [6, 6.07) is 2.04. The van der Waals surface area contributed by atoms with E-state index in [0.29, 0.717) is 6.61 Å². The van der Waals surface area contributed by atoms with Crippen molar-refractivity contribution in [3.63, 3.8) is 0 Å². The maximum Gasteiger partial charge on any atom is 0.309 e. The Morgan fingerprint density at radius 1 is 1.43 bits per heavy atom. The van der Waals surface area contributed by atoms with Crippen LogP contribution in [0.1, 0.15) is 25.5 Å². The molecule has 0 radical (unpaired) electrons. The number of carbonyl (C=O) groups excluding carboxylic acids is 1. The Bertz CT molecular complexity index is 644. The summed E-state index contributed by atoms with van der Waals surface area (Å²) in [5.74, 6) is 0.900. The Labute approximate surface area is 123 Å². The van der Waals surface area contributed by atoms with Gasteiger partial charge in [-0.1, -0.05) is 0 Å². The minimum Gasteiger partial charge on any atom is -0.466 e. The van der Waals surface area contributed by atoms with Crippen molar-refractivity contribution < 1.29 is 9.53 Å². The summed E-state index contributed by atoms with van der Waals surface area (Å²) in [4.78, 5) is 18.5. The highest BCUT2D eigenvalue weighted by Crippen LogP contribution is 2.26. The quantitative estimate of drug-likeness (QED) is 0.806. The summed E-state index contributed by atoms with van der Waals surface area (Å²) < 4.78 is 6.96. The lowest BCUT2D eigenvalue weighted by molar-refractivity contribution is -0.148. The fraction of sp³-hybridized carbons (Fsp3) is 0.533. The average molecular weight is 288 g/mol. The first-order chi connectivity index (χ1) is 10.2. The lowest BCUT2D eigenvalue weighted by atomic mass is 9.97. The zero-order valence-corrected chi connectivity index (χ0v) is 12.5. The number of hydrogen-bond acceptors (Lipinski definition) is 5. The van der Waals surface area contributed by atoms with Crippen LogP contribution in [0, 0.1) is 12.8 Å². The SMILES string of the molecule is CCOC(=O)C1CCN(c2nccn3nc(C)cc23)CC1. The van der Waals surface area contributed by atoms with Gasteiger partial charge in [0.2, 0.25) is 0 Å². The fourth-order valence-electron chi connectivity index (χ4n) is 2.86. The lowest BCUT2D eigenvalue weighted by Gasteiger charge is -2.31. The van der Waals surface area contributed by atoms with Crippen molar-refractivity contribution in [2.45, 2.75) is 26.7 Å². The third kappa shape index (κ3) is 2.70. The van der Waals surface area contributed by atoms with Gasteiger partial charge in [-0.15, -0.1) is 0 Å². The molecule has 21 heavy (non-hydrogen) atoms. The monoisotopic (exact) mass is 288 g/mol. The van der Waals surface area contributed by atoms with Crippen molar-refractivity contribution in [3.8, 4) is 0 Å². The second-order valence-electron chi connectivity index (χ2n) is 5.38. The van der Waals surface area contributed by atoms with E-state index in [1.807, 2.05) is 30.6 Å². The van der Waals surface area contributed by atoms with Crippen molar-refractivity contribution in [1.82, 2.24) is 14.6 Å². The number of carbonyl (C=O) groups is 1. The number of fused-ring (bicyclic) bond motifs is 1. The van der Waals surface area contributed by atoms with Crippen LogP contribution in [0.3, 0.4) is 0 Å². The fourth-order valence-corrected chi connectivity index (χ4v) is 2.86. The van der Waals surface area contributed by atoms with E-state index in [4.69, 9.17) is 4.74 Å². The van der Waals surface area contributed by atoms with Crippen LogP contribution < -0.4 is 4.90 Å². The molecule has 0 N–H and O–H groups in total. The number of anilines is 1. The first-order valence-electron chi connectivity index (χ1n) is 7.41. The Balaban J connectivity index is 1.75. The molecule has 0 spiro atoms. The second-order valence-corrected chi connectivity index (χ2v) is 5.38. The van der Waals surface area contributed by atoms with Gasteiger partial charge in [-0.3, -0.25) is 4.79 Å². The number of hydrogen-bond donors (Lipinski definition) is 0. The van der Waals surface area contributed by atoms with E-state index in [0.717, 1.165) is 43.0 Å². The highest BCUT2D eigenvalue weighted by Gasteiger charge is 2.27. The van der Waals surface area contributed by atoms with Crippen molar-refractivity contribution >= 4 is 17.3 Å². The predicted molar refractivity (Wildman–Crippen MR) is 79.3 cm³/mol. The molecule has 3 rings (SSSR count). The van der Waals surface area contributed by atoms with E-state index >= 15 is 0 Å². The normalized spacial score (nSPS) is 16.4. The summed E-state index contributed by atoms with van der Waals surface area (Å²) >= 11 is 0. The molecule has 2 aromatic heterocycles. The van der Waals surface area contributed by atoms with Gasteiger partial charge in [-0.05, 0) is 32.8 Å². The first-order valence-corrected chi connectivity index (χ1v) is 7.41. The van der Waals surface area contributed by atoms with Crippen LogP contribution >= 0.6 is 0 Å². The van der Waals surface area contributed by atoms with Gasteiger partial charge in [0.05, 0.1) is 18.2 Å². The average Bonchev–Trinajstić information content (AvgIpc) is 2.87. The van der Waals surface area contributed by atoms with Crippen molar-refractivity contribution in [1.29, 1.82) is 0 Å². The number of nitrogens with zero attached hydrogens (tertiary/aromatic N) is 4. The van der Waals surface area contributed by atoms with Gasteiger partial charge >= 0.3 is 5.97 Å². The summed E-state index contributed by atoms with van der Waals surface area (Å²) in [6.07, 6.45) is 5.26. The maximum atomic E-state index is 11.8. The smallest absolute Gasteiger partial charge is 0.309 e. The third-order valence-electron chi connectivity index (χ3n) is 3.91. The van der Waals surface area contributed by atoms with E-state index in [-0.39, 0.29) is 11.9 Å². The molecule has 0 bridgehead atoms. The molecule has 1 saturated heterocycles. The molecule has 0 atom stereocenters. The molecular formula is C15H20N4O2. The van der Waals surface area contributed by atoms with E-state index in [1.54, 1.807) is 6.20 Å². The topological polar surface area (TPSA) is 59.7 Å². The van der Waals surface area contributed by atoms with E-state index in [1.165, 1.54) is 0 Å². The molecule has 6 heteroatoms. The molecule has 3 heterocycles. The molecule has 0 aromatic carbocycles. The van der Waals surface area contributed by atoms with Gasteiger partial charge in [0.25, 0.3) is 0 Å². The lowest BCUT2D eigenvalue weighted by Crippen LogP contribution is -2.37. The molecule has 0 unspecified atom stereocenters. The molecular weight excluding hydrogens is 268 g/mol. The molecule has 0 aliphatic carbocycles. The predicted octanol–water partition coefficient (Wildman–Crippen LogP) is 1.82. The number of rotatable bonds is 3. The van der Waals surface area contributed by atoms with Crippen molar-refractivity contribution in [2.24, 2.45) is 5.92 Å². The molecule has 1 aliphatic heterocycles. The minimum atomic E-state index is -0.0662. The summed E-state index contributed by atoms with van der Waals surface area (Å²) in [7, 11) is 0. The first kappa shape index (κ1) is 13.9. The van der Waals surface area contributed by atoms with E-state index in [2.05, 4.69) is 15.0 Å². The Hall–Kier alpha value is -2.11. The number of aryl methyl sites for hydroxylation is 1. The highest BCUT2D eigenvalue weighted by atomic mass is 16.5. The maximum absolute atomic E-state index is 11.8. The van der Waals surface area contributed by atoms with Crippen LogP contribution in [0.2, 0.25) is 0 Å². The Morgan fingerprint density at radius 3 is 2.90 bits per heavy atom. The summed E-state index contributed by atoms with van der Waals surface area (Å²) in [6.45, 7) is 5.92. The van der Waals surface area contributed by atoms with Crippen LogP contribution in [0.25, 0.3) is 5.52 Å². The van der Waals surface area contributed by atoms with Crippen LogP contribution in [-0.4, -0.2) is 40.3 Å². The van der Waals surface area contributed by atoms with Crippen LogP contribution in [-0.2, 0) is 9.53 Å². The van der Waals surface area contributed by atoms with Crippen molar-refractivity contribution in [2.75, 3.05) is 24.6 Å². The largest absolute Gasteiger partial charge is 0.466 e. The van der Waals surface area contributed by atoms with Crippen molar-refractivity contribution in [3.05, 3.63) is 24.2 Å². The molecule has 0 saturated carbocycles. The molecule has 0 amide bonds. The number of esters is 1. The number of piperidine rings is 1. The van der Waals surface area contributed by atoms with E-state index in [9.17, 15) is 4.79 Å².